The molecule has 10 heteroatoms. The third-order valence-corrected chi connectivity index (χ3v) is 5.49. The molecule has 4 rings (SSSR count). The first-order chi connectivity index (χ1) is 16.9. The zero-order chi connectivity index (χ0) is 24.8. The van der Waals surface area contributed by atoms with Crippen LogP contribution in [0, 0.1) is 0 Å². The Hall–Kier alpha value is -3.67. The Morgan fingerprint density at radius 3 is 1.94 bits per heavy atom. The van der Waals surface area contributed by atoms with Gasteiger partial charge in [-0.05, 0) is 60.7 Å². The second-order valence-corrected chi connectivity index (χ2v) is 8.03. The molecule has 0 aliphatic carbocycles. The Morgan fingerprint density at radius 1 is 0.743 bits per heavy atom. The predicted octanol–water partition coefficient (Wildman–Crippen LogP) is 2.38. The summed E-state index contributed by atoms with van der Waals surface area (Å²) in [6.45, 7) is -0.169. The van der Waals surface area contributed by atoms with Gasteiger partial charge in [0.05, 0.1) is 11.4 Å². The quantitative estimate of drug-likeness (QED) is 0.285. The Balaban J connectivity index is 1.29. The number of anilines is 2. The molecule has 0 spiro atoms. The molecule has 1 amide bonds. The van der Waals surface area contributed by atoms with Crippen LogP contribution in [0.3, 0.4) is 0 Å². The van der Waals surface area contributed by atoms with Crippen LogP contribution in [0.4, 0.5) is 22.7 Å². The van der Waals surface area contributed by atoms with Crippen LogP contribution in [-0.4, -0.2) is 63.6 Å². The van der Waals surface area contributed by atoms with Gasteiger partial charge in [-0.15, -0.1) is 0 Å². The molecule has 3 aromatic carbocycles. The molecule has 0 radical (unpaired) electrons. The molecule has 35 heavy (non-hydrogen) atoms. The zero-order valence-electron chi connectivity index (χ0n) is 18.6. The van der Waals surface area contributed by atoms with Crippen LogP contribution in [0.5, 0.6) is 0 Å². The van der Waals surface area contributed by atoms with E-state index in [0.717, 1.165) is 11.4 Å². The van der Waals surface area contributed by atoms with Crippen molar-refractivity contribution in [1.82, 2.24) is 5.32 Å². The van der Waals surface area contributed by atoms with E-state index in [4.69, 9.17) is 4.74 Å². The highest BCUT2D eigenvalue weighted by Gasteiger charge is 2.42. The maximum atomic E-state index is 12.4. The predicted molar refractivity (Wildman–Crippen MR) is 128 cm³/mol. The van der Waals surface area contributed by atoms with E-state index in [9.17, 15) is 25.2 Å². The topological polar surface area (TPSA) is 156 Å². The van der Waals surface area contributed by atoms with E-state index in [1.54, 1.807) is 24.3 Å². The fraction of sp³-hybridized carbons (Fsp3) is 0.240. The van der Waals surface area contributed by atoms with Crippen molar-refractivity contribution in [1.29, 1.82) is 0 Å². The van der Waals surface area contributed by atoms with Crippen molar-refractivity contribution >= 4 is 28.7 Å². The molecule has 10 nitrogen and oxygen atoms in total. The van der Waals surface area contributed by atoms with Gasteiger partial charge < -0.3 is 35.8 Å². The van der Waals surface area contributed by atoms with E-state index in [-0.39, 0.29) is 6.54 Å². The number of nitrogens with zero attached hydrogens (tertiary/aromatic N) is 2. The fourth-order valence-corrected chi connectivity index (χ4v) is 3.49. The lowest BCUT2D eigenvalue weighted by molar-refractivity contribution is -0.279. The highest BCUT2D eigenvalue weighted by atomic mass is 16.6. The summed E-state index contributed by atoms with van der Waals surface area (Å²) in [4.78, 5) is 12.4. The molecule has 1 aliphatic rings. The maximum absolute atomic E-state index is 12.4. The van der Waals surface area contributed by atoms with E-state index < -0.39 is 36.6 Å². The number of amides is 1. The number of carbonyl (C=O) groups is 1. The molecule has 3 aromatic rings. The van der Waals surface area contributed by atoms with Crippen molar-refractivity contribution in [2.24, 2.45) is 10.2 Å². The van der Waals surface area contributed by atoms with Gasteiger partial charge in [0.2, 0.25) is 0 Å². The van der Waals surface area contributed by atoms with Crippen molar-refractivity contribution in [3.63, 3.8) is 0 Å². The van der Waals surface area contributed by atoms with Gasteiger partial charge in [0.1, 0.15) is 24.4 Å². The first kappa shape index (κ1) is 24.5. The first-order valence-corrected chi connectivity index (χ1v) is 11.0. The Morgan fingerprint density at radius 2 is 1.31 bits per heavy atom. The third kappa shape index (κ3) is 6.27. The zero-order valence-corrected chi connectivity index (χ0v) is 18.6. The van der Waals surface area contributed by atoms with E-state index in [2.05, 4.69) is 20.9 Å². The van der Waals surface area contributed by atoms with Gasteiger partial charge in [-0.3, -0.25) is 4.79 Å². The Bertz CT molecular complexity index is 1140. The van der Waals surface area contributed by atoms with Crippen LogP contribution in [0.2, 0.25) is 0 Å². The molecule has 0 aromatic heterocycles. The van der Waals surface area contributed by atoms with Gasteiger partial charge in [-0.2, -0.15) is 10.2 Å². The number of nitrogens with one attached hydrogen (secondary N) is 2. The number of carbonyl (C=O) groups excluding carboxylic acids is 1. The van der Waals surface area contributed by atoms with Crippen LogP contribution in [0.15, 0.2) is 89.1 Å². The number of aliphatic hydroxyl groups excluding tert-OH is 4. The van der Waals surface area contributed by atoms with Gasteiger partial charge in [0.15, 0.2) is 6.29 Å². The number of rotatable bonds is 7. The number of ether oxygens (including phenoxy) is 1. The standard InChI is InChI=1S/C25H26N4O6/c30-21-20(35-25(34)23(32)22(21)31)14-26-24(33)15-6-8-18(9-7-15)28-29-19-12-10-17(11-13-19)27-16-4-2-1-3-5-16/h1-13,20-23,25,27,30-32,34H,14H2,(H,26,33)/t20-,21-,22+,23-,25+/m1/s1. The highest BCUT2D eigenvalue weighted by molar-refractivity contribution is 5.94. The molecular formula is C25H26N4O6. The van der Waals surface area contributed by atoms with Gasteiger partial charge in [-0.1, -0.05) is 18.2 Å². The minimum Gasteiger partial charge on any atom is -0.388 e. The van der Waals surface area contributed by atoms with Gasteiger partial charge in [0, 0.05) is 23.5 Å². The lowest BCUT2D eigenvalue weighted by atomic mass is 9.99. The molecular weight excluding hydrogens is 452 g/mol. The van der Waals surface area contributed by atoms with Crippen molar-refractivity contribution in [3.8, 4) is 0 Å². The number of aliphatic hydroxyl groups is 4. The van der Waals surface area contributed by atoms with Gasteiger partial charge >= 0.3 is 0 Å². The molecule has 0 saturated carbocycles. The average Bonchev–Trinajstić information content (AvgIpc) is 2.89. The average molecular weight is 479 g/mol. The minimum atomic E-state index is -1.66. The second kappa shape index (κ2) is 11.2. The molecule has 1 aliphatic heterocycles. The largest absolute Gasteiger partial charge is 0.388 e. The van der Waals surface area contributed by atoms with E-state index in [1.165, 1.54) is 0 Å². The Labute approximate surface area is 201 Å². The number of azo groups is 1. The van der Waals surface area contributed by atoms with E-state index in [0.29, 0.717) is 16.9 Å². The van der Waals surface area contributed by atoms with Crippen LogP contribution < -0.4 is 10.6 Å². The molecule has 1 fully saturated rings. The van der Waals surface area contributed by atoms with Crippen LogP contribution in [-0.2, 0) is 4.74 Å². The first-order valence-electron chi connectivity index (χ1n) is 11.0. The number of benzene rings is 3. The molecule has 1 saturated heterocycles. The van der Waals surface area contributed by atoms with Crippen molar-refractivity contribution in [2.75, 3.05) is 11.9 Å². The summed E-state index contributed by atoms with van der Waals surface area (Å²) >= 11 is 0. The van der Waals surface area contributed by atoms with E-state index >= 15 is 0 Å². The smallest absolute Gasteiger partial charge is 0.251 e. The summed E-state index contributed by atoms with van der Waals surface area (Å²) in [5, 5.41) is 53.0. The normalized spacial score (nSPS) is 24.3. The van der Waals surface area contributed by atoms with Crippen molar-refractivity contribution < 1.29 is 30.0 Å². The fourth-order valence-electron chi connectivity index (χ4n) is 3.49. The Kier molecular flexibility index (Phi) is 7.80. The van der Waals surface area contributed by atoms with Crippen LogP contribution in [0.1, 0.15) is 10.4 Å². The summed E-state index contributed by atoms with van der Waals surface area (Å²) in [6, 6.07) is 23.7. The summed E-state index contributed by atoms with van der Waals surface area (Å²) in [5.74, 6) is -0.444. The molecule has 6 N–H and O–H groups in total. The lowest BCUT2D eigenvalue weighted by Crippen LogP contribution is -2.59. The van der Waals surface area contributed by atoms with Gasteiger partial charge in [-0.25, -0.2) is 0 Å². The summed E-state index contributed by atoms with van der Waals surface area (Å²) in [6.07, 6.45) is -7.39. The van der Waals surface area contributed by atoms with E-state index in [1.807, 2.05) is 54.6 Å². The summed E-state index contributed by atoms with van der Waals surface area (Å²) in [5.41, 5.74) is 3.48. The lowest BCUT2D eigenvalue weighted by Gasteiger charge is -2.38. The molecule has 5 atom stereocenters. The molecule has 1 heterocycles. The number of hydrogen-bond donors (Lipinski definition) is 6. The molecule has 0 bridgehead atoms. The molecule has 0 unspecified atom stereocenters. The summed E-state index contributed by atoms with van der Waals surface area (Å²) < 4.78 is 5.05. The number of para-hydroxylation sites is 1. The number of hydrogen-bond acceptors (Lipinski definition) is 9. The van der Waals surface area contributed by atoms with Crippen molar-refractivity contribution in [2.45, 2.75) is 30.7 Å². The summed E-state index contributed by atoms with van der Waals surface area (Å²) in [7, 11) is 0. The SMILES string of the molecule is O=C(NC[C@H]1O[C@H](O)[C@H](O)[C@@H](O)[C@@H]1O)c1ccc(N=Nc2ccc(Nc3ccccc3)cc2)cc1. The van der Waals surface area contributed by atoms with Gasteiger partial charge in [0.25, 0.3) is 5.91 Å². The maximum Gasteiger partial charge on any atom is 0.251 e. The van der Waals surface area contributed by atoms with Crippen LogP contribution in [0.25, 0.3) is 0 Å². The third-order valence-electron chi connectivity index (χ3n) is 5.49. The van der Waals surface area contributed by atoms with Crippen molar-refractivity contribution in [3.05, 3.63) is 84.4 Å². The minimum absolute atomic E-state index is 0.169. The van der Waals surface area contributed by atoms with Crippen LogP contribution >= 0.6 is 0 Å². The second-order valence-electron chi connectivity index (χ2n) is 8.03. The molecule has 182 valence electrons. The highest BCUT2D eigenvalue weighted by Crippen LogP contribution is 2.23. The monoisotopic (exact) mass is 478 g/mol.